The van der Waals surface area contributed by atoms with E-state index in [1.165, 1.54) is 17.1 Å². The lowest BCUT2D eigenvalue weighted by Crippen LogP contribution is -2.61. The predicted molar refractivity (Wildman–Crippen MR) is 215 cm³/mol. The predicted octanol–water partition coefficient (Wildman–Crippen LogP) is 4.28. The van der Waals surface area contributed by atoms with E-state index in [0.717, 1.165) is 24.1 Å². The van der Waals surface area contributed by atoms with Gasteiger partial charge < -0.3 is 26.4 Å². The molecule has 0 radical (unpaired) electrons. The molecule has 6 N–H and O–H groups in total. The number of amides is 3. The molecule has 4 aliphatic heterocycles. The summed E-state index contributed by atoms with van der Waals surface area (Å²) in [5.41, 5.74) is 6.38. The number of benzene rings is 1. The molecule has 3 saturated heterocycles. The Balaban J connectivity index is 0.863. The van der Waals surface area contributed by atoms with Crippen LogP contribution in [0.2, 0.25) is 0 Å². The molecule has 2 aromatic heterocycles. The third kappa shape index (κ3) is 8.76. The SMILES string of the molecule is CC1Cn2ncc(C(=O)Nc3cn(C4CCC(C(O)N5CCC(Nc6cccc(C7CCC(=O)NC7=O)c6)CC5)CC4)nc3C(F)(F)F)c2N(C)C1N1C[C@H](N)C[C@@H](F)C1. The average Bonchev–Trinajstić information content (AvgIpc) is 3.83. The molecule has 4 unspecified atom stereocenters. The van der Waals surface area contributed by atoms with E-state index in [1.54, 1.807) is 11.7 Å². The minimum Gasteiger partial charge on any atom is -0.382 e. The lowest BCUT2D eigenvalue weighted by atomic mass is 9.84. The number of carbonyl (C=O) groups excluding carboxylic acids is 3. The van der Waals surface area contributed by atoms with Crippen LogP contribution in [0.4, 0.5) is 34.8 Å². The second-order valence-corrected chi connectivity index (χ2v) is 17.5. The van der Waals surface area contributed by atoms with Crippen LogP contribution < -0.4 is 26.6 Å². The van der Waals surface area contributed by atoms with E-state index >= 15 is 0 Å². The van der Waals surface area contributed by atoms with Crippen molar-refractivity contribution in [1.29, 1.82) is 0 Å². The number of nitrogens with zero attached hydrogens (tertiary/aromatic N) is 7. The minimum atomic E-state index is -4.83. The second-order valence-electron chi connectivity index (χ2n) is 17.5. The molecular weight excluding hydrogens is 787 g/mol. The number of piperidine rings is 3. The summed E-state index contributed by atoms with van der Waals surface area (Å²) in [6, 6.07) is 7.22. The van der Waals surface area contributed by atoms with E-state index < -0.39 is 35.9 Å². The number of anilines is 3. The van der Waals surface area contributed by atoms with Crippen molar-refractivity contribution in [3.05, 3.63) is 53.5 Å². The molecular formula is C41H55F4N11O4. The van der Waals surface area contributed by atoms with Crippen LogP contribution in [-0.2, 0) is 22.3 Å². The largest absolute Gasteiger partial charge is 0.437 e. The van der Waals surface area contributed by atoms with Gasteiger partial charge in [-0.25, -0.2) is 9.07 Å². The van der Waals surface area contributed by atoms with E-state index in [1.807, 2.05) is 41.0 Å². The van der Waals surface area contributed by atoms with E-state index in [0.29, 0.717) is 70.5 Å². The van der Waals surface area contributed by atoms with Crippen LogP contribution in [0, 0.1) is 11.8 Å². The quantitative estimate of drug-likeness (QED) is 0.154. The fourth-order valence-electron chi connectivity index (χ4n) is 10.3. The number of fused-ring (bicyclic) bond motifs is 1. The van der Waals surface area contributed by atoms with Crippen LogP contribution in [0.25, 0.3) is 0 Å². The number of aliphatic hydroxyl groups excluding tert-OH is 1. The number of aromatic nitrogens is 4. The van der Waals surface area contributed by atoms with Gasteiger partial charge in [0, 0.05) is 76.1 Å². The topological polar surface area (TPSA) is 179 Å². The van der Waals surface area contributed by atoms with Crippen molar-refractivity contribution < 1.29 is 37.1 Å². The van der Waals surface area contributed by atoms with E-state index in [9.17, 15) is 37.1 Å². The van der Waals surface area contributed by atoms with E-state index in [2.05, 4.69) is 31.0 Å². The first-order valence-corrected chi connectivity index (χ1v) is 21.1. The zero-order valence-corrected chi connectivity index (χ0v) is 34.0. The minimum absolute atomic E-state index is 0.00171. The first-order valence-electron chi connectivity index (χ1n) is 21.1. The number of alkyl halides is 4. The highest BCUT2D eigenvalue weighted by atomic mass is 19.4. The van der Waals surface area contributed by atoms with Crippen LogP contribution in [-0.4, -0.2) is 116 Å². The summed E-state index contributed by atoms with van der Waals surface area (Å²) in [7, 11) is 1.78. The van der Waals surface area contributed by atoms with Gasteiger partial charge >= 0.3 is 6.18 Å². The highest BCUT2D eigenvalue weighted by molar-refractivity contribution is 6.08. The number of imide groups is 1. The van der Waals surface area contributed by atoms with Crippen molar-refractivity contribution >= 4 is 34.9 Å². The van der Waals surface area contributed by atoms with Crippen molar-refractivity contribution in [3.63, 3.8) is 0 Å². The molecule has 6 heterocycles. The number of hydrogen-bond acceptors (Lipinski definition) is 11. The number of nitrogens with two attached hydrogens (primary N) is 1. The highest BCUT2D eigenvalue weighted by Gasteiger charge is 2.43. The Morgan fingerprint density at radius 2 is 1.80 bits per heavy atom. The maximum absolute atomic E-state index is 14.6. The zero-order valence-electron chi connectivity index (χ0n) is 34.0. The molecule has 8 rings (SSSR count). The van der Waals surface area contributed by atoms with Crippen LogP contribution in [0.3, 0.4) is 0 Å². The van der Waals surface area contributed by atoms with Gasteiger partial charge in [-0.3, -0.25) is 34.2 Å². The van der Waals surface area contributed by atoms with Crippen molar-refractivity contribution in [3.8, 4) is 0 Å². The molecule has 19 heteroatoms. The lowest BCUT2D eigenvalue weighted by molar-refractivity contribution is -0.141. The smallest absolute Gasteiger partial charge is 0.382 e. The fraction of sp³-hybridized carbons (Fsp3) is 0.634. The van der Waals surface area contributed by atoms with Gasteiger partial charge in [0.1, 0.15) is 23.8 Å². The highest BCUT2D eigenvalue weighted by Crippen LogP contribution is 2.40. The summed E-state index contributed by atoms with van der Waals surface area (Å²) in [6.45, 7) is 4.46. The number of aliphatic hydroxyl groups is 1. The summed E-state index contributed by atoms with van der Waals surface area (Å²) in [5, 5.41) is 28.2. The lowest BCUT2D eigenvalue weighted by Gasteiger charge is -2.48. The van der Waals surface area contributed by atoms with Gasteiger partial charge in [-0.05, 0) is 75.0 Å². The molecule has 15 nitrogen and oxygen atoms in total. The Bertz CT molecular complexity index is 2030. The average molecular weight is 842 g/mol. The molecule has 5 aliphatic rings. The summed E-state index contributed by atoms with van der Waals surface area (Å²) < 4.78 is 60.7. The molecule has 1 aromatic carbocycles. The molecule has 1 aliphatic carbocycles. The third-order valence-electron chi connectivity index (χ3n) is 13.2. The number of rotatable bonds is 9. The van der Waals surface area contributed by atoms with Crippen LogP contribution in [0.5, 0.6) is 0 Å². The summed E-state index contributed by atoms with van der Waals surface area (Å²) >= 11 is 0. The van der Waals surface area contributed by atoms with Crippen molar-refractivity contribution in [2.24, 2.45) is 17.6 Å². The molecule has 6 atom stereocenters. The number of hydrogen-bond donors (Lipinski definition) is 5. The van der Waals surface area contributed by atoms with Gasteiger partial charge in [0.2, 0.25) is 11.8 Å². The molecule has 0 bridgehead atoms. The molecule has 3 aromatic rings. The Morgan fingerprint density at radius 1 is 1.05 bits per heavy atom. The normalized spacial score (nSPS) is 29.2. The van der Waals surface area contributed by atoms with Gasteiger partial charge in [0.15, 0.2) is 5.69 Å². The molecule has 0 spiro atoms. The van der Waals surface area contributed by atoms with Gasteiger partial charge in [-0.1, -0.05) is 19.1 Å². The second kappa shape index (κ2) is 17.1. The summed E-state index contributed by atoms with van der Waals surface area (Å²) in [5.74, 6) is -1.26. The first-order chi connectivity index (χ1) is 28.6. The molecule has 60 heavy (non-hydrogen) atoms. The number of halogens is 4. The van der Waals surface area contributed by atoms with E-state index in [4.69, 9.17) is 5.73 Å². The van der Waals surface area contributed by atoms with Gasteiger partial charge in [-0.2, -0.15) is 23.4 Å². The third-order valence-corrected chi connectivity index (χ3v) is 13.2. The molecule has 326 valence electrons. The molecule has 3 amide bonds. The zero-order chi connectivity index (χ0) is 42.5. The molecule has 1 saturated carbocycles. The number of nitrogens with one attached hydrogen (secondary N) is 3. The standard InChI is InChI=1S/C41H55F4N11O4/c1-23-19-56-39(52(2)38(23)54-20-26(42)17-27(46)21-54)32(18-47-56)37(59)49-33-22-55(51-35(33)41(43,44)45)30-8-6-24(7-9-30)40(60)53-14-12-28(13-15-53)48-29-5-3-4-25(16-29)31-10-11-34(57)50-36(31)58/h3-5,16,18,22-24,26-28,30-31,38,40,48,60H,6-15,17,19-21,46H2,1-2H3,(H,49,59)(H,50,57,58)/t23?,24?,26-,27-,30?,31?,38?,40?/m1/s1. The monoisotopic (exact) mass is 841 g/mol. The van der Waals surface area contributed by atoms with Crippen molar-refractivity contribution in [1.82, 2.24) is 34.7 Å². The van der Waals surface area contributed by atoms with Gasteiger partial charge in [0.05, 0.1) is 30.0 Å². The number of carbonyl (C=O) groups is 3. The maximum atomic E-state index is 14.6. The number of likely N-dealkylation sites (tertiary alicyclic amines) is 2. The van der Waals surface area contributed by atoms with Crippen molar-refractivity contribution in [2.75, 3.05) is 48.8 Å². The fourth-order valence-corrected chi connectivity index (χ4v) is 10.3. The summed E-state index contributed by atoms with van der Waals surface area (Å²) in [4.78, 5) is 43.6. The first kappa shape index (κ1) is 42.1. The van der Waals surface area contributed by atoms with Crippen LogP contribution in [0.1, 0.15) is 98.3 Å². The van der Waals surface area contributed by atoms with Crippen LogP contribution in [0.15, 0.2) is 36.7 Å². The van der Waals surface area contributed by atoms with Crippen molar-refractivity contribution in [2.45, 2.75) is 120 Å². The summed E-state index contributed by atoms with van der Waals surface area (Å²) in [6.07, 6.45) is 0.589. The Morgan fingerprint density at radius 3 is 2.50 bits per heavy atom. The van der Waals surface area contributed by atoms with Crippen LogP contribution >= 0.6 is 0 Å². The van der Waals surface area contributed by atoms with Gasteiger partial charge in [-0.15, -0.1) is 0 Å². The van der Waals surface area contributed by atoms with E-state index in [-0.39, 0.29) is 72.4 Å². The Hall–Kier alpha value is -4.59. The maximum Gasteiger partial charge on any atom is 0.437 e. The molecule has 4 fully saturated rings. The van der Waals surface area contributed by atoms with Gasteiger partial charge in [0.25, 0.3) is 5.91 Å². The Kier molecular flexibility index (Phi) is 12.0. The Labute approximate surface area is 346 Å².